The molecule has 1 saturated heterocycles. The lowest BCUT2D eigenvalue weighted by molar-refractivity contribution is -0.123. The maximum Gasteiger partial charge on any atom is 0.239 e. The molecule has 3 aliphatic rings. The van der Waals surface area contributed by atoms with Crippen molar-refractivity contribution in [1.29, 1.82) is 0 Å². The van der Waals surface area contributed by atoms with E-state index in [-0.39, 0.29) is 35.5 Å². The highest BCUT2D eigenvalue weighted by molar-refractivity contribution is 6.30. The van der Waals surface area contributed by atoms with Gasteiger partial charge in [-0.25, -0.2) is 4.90 Å². The number of aromatic nitrogens is 2. The first-order valence-corrected chi connectivity index (χ1v) is 8.83. The molecule has 2 aromatic rings. The van der Waals surface area contributed by atoms with Gasteiger partial charge in [-0.15, -0.1) is 0 Å². The number of hydrogen-bond donors (Lipinski definition) is 0. The fourth-order valence-corrected chi connectivity index (χ4v) is 4.59. The van der Waals surface area contributed by atoms with Gasteiger partial charge < -0.3 is 0 Å². The molecule has 25 heavy (non-hydrogen) atoms. The number of anilines is 1. The highest BCUT2D eigenvalue weighted by atomic mass is 35.5. The largest absolute Gasteiger partial charge is 0.274 e. The summed E-state index contributed by atoms with van der Waals surface area (Å²) in [5.41, 5.74) is 1.05. The number of rotatable bonds is 3. The number of imide groups is 1. The second-order valence-corrected chi connectivity index (χ2v) is 7.45. The standard InChI is InChI=1S/C19H16ClN3O2/c20-14-5-1-11(2-6-14)10-22-8-7-15(21-22)23-18(24)16-12-3-4-13(9-12)17(16)19(23)25/h1-8,12-13,16-17H,9-10H2. The summed E-state index contributed by atoms with van der Waals surface area (Å²) in [5.74, 6) is 0.290. The second kappa shape index (κ2) is 5.30. The zero-order valence-electron chi connectivity index (χ0n) is 13.4. The van der Waals surface area contributed by atoms with E-state index in [1.807, 2.05) is 24.3 Å². The molecule has 1 aromatic heterocycles. The fourth-order valence-electron chi connectivity index (χ4n) is 4.46. The van der Waals surface area contributed by atoms with E-state index in [1.165, 1.54) is 4.90 Å². The molecule has 5 nitrogen and oxygen atoms in total. The van der Waals surface area contributed by atoms with Crippen LogP contribution in [0.4, 0.5) is 5.82 Å². The molecule has 0 spiro atoms. The Bertz CT molecular complexity index is 872. The summed E-state index contributed by atoms with van der Waals surface area (Å²) >= 11 is 5.90. The first-order chi connectivity index (χ1) is 12.1. The Morgan fingerprint density at radius 1 is 1.00 bits per heavy atom. The third-order valence-corrected chi connectivity index (χ3v) is 5.84. The Labute approximate surface area is 149 Å². The average molecular weight is 354 g/mol. The summed E-state index contributed by atoms with van der Waals surface area (Å²) in [7, 11) is 0. The van der Waals surface area contributed by atoms with E-state index >= 15 is 0 Å². The van der Waals surface area contributed by atoms with Crippen LogP contribution in [0, 0.1) is 23.7 Å². The van der Waals surface area contributed by atoms with Gasteiger partial charge in [-0.1, -0.05) is 35.9 Å². The summed E-state index contributed by atoms with van der Waals surface area (Å²) in [6.45, 7) is 0.563. The van der Waals surface area contributed by atoms with Crippen molar-refractivity contribution < 1.29 is 9.59 Å². The average Bonchev–Trinajstić information content (AvgIpc) is 3.35. The van der Waals surface area contributed by atoms with E-state index in [1.54, 1.807) is 16.9 Å². The predicted molar refractivity (Wildman–Crippen MR) is 93.0 cm³/mol. The summed E-state index contributed by atoms with van der Waals surface area (Å²) in [6, 6.07) is 9.27. The van der Waals surface area contributed by atoms with E-state index in [4.69, 9.17) is 11.6 Å². The van der Waals surface area contributed by atoms with Crippen LogP contribution in [0.2, 0.25) is 5.02 Å². The molecule has 1 saturated carbocycles. The molecule has 4 unspecified atom stereocenters. The second-order valence-electron chi connectivity index (χ2n) is 7.01. The van der Waals surface area contributed by atoms with E-state index in [2.05, 4.69) is 17.3 Å². The van der Waals surface area contributed by atoms with Gasteiger partial charge in [-0.05, 0) is 36.0 Å². The van der Waals surface area contributed by atoms with E-state index in [0.29, 0.717) is 17.4 Å². The van der Waals surface area contributed by atoms with E-state index in [9.17, 15) is 9.59 Å². The minimum atomic E-state index is -0.191. The SMILES string of the molecule is O=C1C2C3C=CC(C3)C2C(=O)N1c1ccn(Cc2ccc(Cl)cc2)n1. The lowest BCUT2D eigenvalue weighted by Gasteiger charge is -2.14. The lowest BCUT2D eigenvalue weighted by Crippen LogP contribution is -2.33. The number of allylic oxidation sites excluding steroid dienone is 2. The first-order valence-electron chi connectivity index (χ1n) is 8.46. The van der Waals surface area contributed by atoms with Gasteiger partial charge >= 0.3 is 0 Å². The zero-order chi connectivity index (χ0) is 17.1. The molecule has 126 valence electrons. The lowest BCUT2D eigenvalue weighted by atomic mass is 9.85. The number of nitrogens with zero attached hydrogens (tertiary/aromatic N) is 3. The third kappa shape index (κ3) is 2.19. The number of halogens is 1. The van der Waals surface area contributed by atoms with Crippen molar-refractivity contribution >= 4 is 29.2 Å². The van der Waals surface area contributed by atoms with Crippen LogP contribution in [0.5, 0.6) is 0 Å². The van der Waals surface area contributed by atoms with Crippen molar-refractivity contribution in [3.8, 4) is 0 Å². The number of fused-ring (bicyclic) bond motifs is 5. The number of hydrogen-bond acceptors (Lipinski definition) is 3. The molecule has 0 radical (unpaired) electrons. The molecule has 2 heterocycles. The quantitative estimate of drug-likeness (QED) is 0.629. The fraction of sp³-hybridized carbons (Fsp3) is 0.316. The van der Waals surface area contributed by atoms with Crippen LogP contribution in [0.25, 0.3) is 0 Å². The van der Waals surface area contributed by atoms with E-state index in [0.717, 1.165) is 12.0 Å². The van der Waals surface area contributed by atoms with Crippen molar-refractivity contribution in [3.63, 3.8) is 0 Å². The van der Waals surface area contributed by atoms with Crippen LogP contribution in [0.1, 0.15) is 12.0 Å². The van der Waals surface area contributed by atoms with Gasteiger partial charge in [-0.2, -0.15) is 5.10 Å². The molecule has 6 heteroatoms. The van der Waals surface area contributed by atoms with Gasteiger partial charge in [0.15, 0.2) is 5.82 Å². The van der Waals surface area contributed by atoms with Crippen LogP contribution < -0.4 is 4.90 Å². The van der Waals surface area contributed by atoms with Gasteiger partial charge in [0.05, 0.1) is 18.4 Å². The van der Waals surface area contributed by atoms with Crippen LogP contribution in [0.3, 0.4) is 0 Å². The maximum absolute atomic E-state index is 12.8. The Kier molecular flexibility index (Phi) is 3.16. The van der Waals surface area contributed by atoms with Crippen molar-refractivity contribution in [3.05, 3.63) is 59.3 Å². The summed E-state index contributed by atoms with van der Waals surface area (Å²) in [4.78, 5) is 26.9. The van der Waals surface area contributed by atoms with Gasteiger partial charge in [0.25, 0.3) is 0 Å². The third-order valence-electron chi connectivity index (χ3n) is 5.58. The Balaban J connectivity index is 1.40. The van der Waals surface area contributed by atoms with Crippen molar-refractivity contribution in [1.82, 2.24) is 9.78 Å². The number of carbonyl (C=O) groups excluding carboxylic acids is 2. The molecule has 4 atom stereocenters. The van der Waals surface area contributed by atoms with Gasteiger partial charge in [-0.3, -0.25) is 14.3 Å². The molecule has 0 N–H and O–H groups in total. The Morgan fingerprint density at radius 3 is 2.28 bits per heavy atom. The molecule has 1 aliphatic heterocycles. The molecule has 2 amide bonds. The zero-order valence-corrected chi connectivity index (χ0v) is 14.1. The number of carbonyl (C=O) groups is 2. The van der Waals surface area contributed by atoms with Crippen molar-refractivity contribution in [2.24, 2.45) is 23.7 Å². The summed E-state index contributed by atoms with van der Waals surface area (Å²) in [6.07, 6.45) is 6.93. The van der Waals surface area contributed by atoms with Crippen LogP contribution in [0.15, 0.2) is 48.7 Å². The first kappa shape index (κ1) is 14.9. The highest BCUT2D eigenvalue weighted by Gasteiger charge is 2.59. The van der Waals surface area contributed by atoms with Crippen LogP contribution in [-0.2, 0) is 16.1 Å². The normalized spacial score (nSPS) is 29.7. The molecule has 2 aliphatic carbocycles. The molecular formula is C19H16ClN3O2. The molecule has 5 rings (SSSR count). The topological polar surface area (TPSA) is 55.2 Å². The van der Waals surface area contributed by atoms with Gasteiger partial charge in [0.1, 0.15) is 0 Å². The predicted octanol–water partition coefficient (Wildman–Crippen LogP) is 2.90. The molecule has 2 bridgehead atoms. The van der Waals surface area contributed by atoms with Gasteiger partial charge in [0, 0.05) is 17.3 Å². The molecular weight excluding hydrogens is 338 g/mol. The number of benzene rings is 1. The van der Waals surface area contributed by atoms with E-state index < -0.39 is 0 Å². The van der Waals surface area contributed by atoms with Crippen LogP contribution in [-0.4, -0.2) is 21.6 Å². The smallest absolute Gasteiger partial charge is 0.239 e. The number of amides is 2. The van der Waals surface area contributed by atoms with Crippen molar-refractivity contribution in [2.75, 3.05) is 4.90 Å². The van der Waals surface area contributed by atoms with Gasteiger partial charge in [0.2, 0.25) is 11.8 Å². The Hall–Kier alpha value is -2.40. The van der Waals surface area contributed by atoms with Crippen molar-refractivity contribution in [2.45, 2.75) is 13.0 Å². The van der Waals surface area contributed by atoms with Crippen LogP contribution >= 0.6 is 11.6 Å². The summed E-state index contributed by atoms with van der Waals surface area (Å²) < 4.78 is 1.74. The molecule has 1 aromatic carbocycles. The summed E-state index contributed by atoms with van der Waals surface area (Å²) in [5, 5.41) is 5.14. The minimum absolute atomic E-state index is 0.0939. The monoisotopic (exact) mass is 353 g/mol. The minimum Gasteiger partial charge on any atom is -0.274 e. The highest BCUT2D eigenvalue weighted by Crippen LogP contribution is 2.53. The Morgan fingerprint density at radius 2 is 1.64 bits per heavy atom. The molecule has 2 fully saturated rings. The maximum atomic E-state index is 12.8.